The molecule has 1 spiro atoms. The van der Waals surface area contributed by atoms with E-state index in [9.17, 15) is 18.4 Å². The van der Waals surface area contributed by atoms with Gasteiger partial charge in [-0.05, 0) is 56.9 Å². The fourth-order valence-electron chi connectivity index (χ4n) is 7.69. The first-order chi connectivity index (χ1) is 25.1. The number of piperidine rings is 1. The molecule has 280 valence electrons. The van der Waals surface area contributed by atoms with Crippen LogP contribution >= 0.6 is 0 Å². The maximum Gasteiger partial charge on any atom is 0.410 e. The monoisotopic (exact) mass is 735 g/mol. The molecule has 4 aromatic rings. The number of anilines is 3. The van der Waals surface area contributed by atoms with Crippen LogP contribution in [-0.4, -0.2) is 105 Å². The van der Waals surface area contributed by atoms with E-state index in [0.29, 0.717) is 36.7 Å². The topological polar surface area (TPSA) is 120 Å². The van der Waals surface area contributed by atoms with Crippen molar-refractivity contribution in [2.45, 2.75) is 70.1 Å². The molecule has 0 bridgehead atoms. The van der Waals surface area contributed by atoms with Crippen molar-refractivity contribution in [1.29, 1.82) is 0 Å². The number of halogens is 4. The summed E-state index contributed by atoms with van der Waals surface area (Å²) in [6.07, 6.45) is 2.94. The van der Waals surface area contributed by atoms with Gasteiger partial charge in [-0.1, -0.05) is 18.2 Å². The van der Waals surface area contributed by atoms with Gasteiger partial charge in [-0.2, -0.15) is 0 Å². The molecule has 6 heterocycles. The van der Waals surface area contributed by atoms with Crippen LogP contribution in [0, 0.1) is 5.41 Å². The fraction of sp³-hybridized carbons (Fsp3) is 0.486. The number of nitrogens with one attached hydrogen (secondary N) is 2. The van der Waals surface area contributed by atoms with Gasteiger partial charge < -0.3 is 25.2 Å². The zero-order chi connectivity index (χ0) is 37.5. The molecule has 2 amide bonds. The van der Waals surface area contributed by atoms with E-state index >= 15 is 8.78 Å². The highest BCUT2D eigenvalue weighted by atomic mass is 19.3. The molecule has 0 unspecified atom stereocenters. The van der Waals surface area contributed by atoms with Crippen molar-refractivity contribution < 1.29 is 31.9 Å². The van der Waals surface area contributed by atoms with Gasteiger partial charge in [0.2, 0.25) is 0 Å². The largest absolute Gasteiger partial charge is 0.444 e. The summed E-state index contributed by atoms with van der Waals surface area (Å²) in [5.41, 5.74) is 3.81. The van der Waals surface area contributed by atoms with Crippen LogP contribution in [-0.2, 0) is 17.7 Å². The van der Waals surface area contributed by atoms with E-state index < -0.39 is 47.4 Å². The van der Waals surface area contributed by atoms with Crippen LogP contribution in [0.2, 0.25) is 0 Å². The highest BCUT2D eigenvalue weighted by molar-refractivity contribution is 5.94. The van der Waals surface area contributed by atoms with Crippen molar-refractivity contribution in [3.63, 3.8) is 0 Å². The number of imidazole rings is 1. The quantitative estimate of drug-likeness (QED) is 0.229. The number of hydrogen-bond donors (Lipinski definition) is 2. The number of hydrogen-bond acceptors (Lipinski definition) is 9. The van der Waals surface area contributed by atoms with Gasteiger partial charge in [0, 0.05) is 69.7 Å². The summed E-state index contributed by atoms with van der Waals surface area (Å²) < 4.78 is 64.6. The van der Waals surface area contributed by atoms with Gasteiger partial charge in [0.1, 0.15) is 5.60 Å². The molecule has 12 nitrogen and oxygen atoms in total. The van der Waals surface area contributed by atoms with Crippen LogP contribution in [0.3, 0.4) is 0 Å². The minimum atomic E-state index is -3.02. The molecule has 2 N–H and O–H groups in total. The molecule has 2 saturated heterocycles. The molecule has 8 rings (SSSR count). The summed E-state index contributed by atoms with van der Waals surface area (Å²) in [6.45, 7) is 6.32. The van der Waals surface area contributed by atoms with Crippen molar-refractivity contribution >= 4 is 34.8 Å². The maximum absolute atomic E-state index is 15.4. The predicted octanol–water partition coefficient (Wildman–Crippen LogP) is 5.74. The first-order valence-corrected chi connectivity index (χ1v) is 17.7. The third-order valence-corrected chi connectivity index (χ3v) is 10.6. The second kappa shape index (κ2) is 12.3. The first-order valence-electron chi connectivity index (χ1n) is 17.7. The highest BCUT2D eigenvalue weighted by Gasteiger charge is 2.63. The zero-order valence-electron chi connectivity index (χ0n) is 29.9. The lowest BCUT2D eigenvalue weighted by molar-refractivity contribution is -0.223. The van der Waals surface area contributed by atoms with Crippen LogP contribution in [0.25, 0.3) is 16.9 Å². The summed E-state index contributed by atoms with van der Waals surface area (Å²) in [5, 5.41) is 10.2. The lowest BCUT2D eigenvalue weighted by atomic mass is 9.69. The highest BCUT2D eigenvalue weighted by Crippen LogP contribution is 2.51. The third kappa shape index (κ3) is 6.29. The van der Waals surface area contributed by atoms with Gasteiger partial charge in [-0.25, -0.2) is 31.9 Å². The van der Waals surface area contributed by atoms with Gasteiger partial charge in [0.25, 0.3) is 17.8 Å². The van der Waals surface area contributed by atoms with Crippen molar-refractivity contribution in [3.8, 4) is 11.3 Å². The number of fused-ring (bicyclic) bond motifs is 2. The predicted molar refractivity (Wildman–Crippen MR) is 189 cm³/mol. The van der Waals surface area contributed by atoms with Crippen LogP contribution in [0.1, 0.15) is 55.2 Å². The van der Waals surface area contributed by atoms with Gasteiger partial charge >= 0.3 is 6.09 Å². The van der Waals surface area contributed by atoms with Crippen molar-refractivity contribution in [2.24, 2.45) is 5.41 Å². The van der Waals surface area contributed by atoms with Crippen LogP contribution in [0.5, 0.6) is 0 Å². The molecule has 1 atom stereocenters. The Morgan fingerprint density at radius 1 is 1.02 bits per heavy atom. The summed E-state index contributed by atoms with van der Waals surface area (Å²) in [7, 11) is 1.73. The normalized spacial score (nSPS) is 21.3. The van der Waals surface area contributed by atoms with Crippen molar-refractivity contribution in [3.05, 3.63) is 65.6 Å². The fourth-order valence-corrected chi connectivity index (χ4v) is 7.69. The Morgan fingerprint density at radius 3 is 2.45 bits per heavy atom. The number of carbonyl (C=O) groups excluding carboxylic acids is 2. The summed E-state index contributed by atoms with van der Waals surface area (Å²) in [4.78, 5) is 39.6. The second-order valence-corrected chi connectivity index (χ2v) is 15.6. The Bertz CT molecular complexity index is 2090. The maximum atomic E-state index is 15.4. The minimum absolute atomic E-state index is 0.0594. The summed E-state index contributed by atoms with van der Waals surface area (Å²) in [5.74, 6) is -6.04. The molecule has 3 aliphatic heterocycles. The van der Waals surface area contributed by atoms with E-state index in [-0.39, 0.29) is 38.2 Å². The molecule has 3 aromatic heterocycles. The molecular formula is C37H41F4N9O3. The van der Waals surface area contributed by atoms with Crippen molar-refractivity contribution in [1.82, 2.24) is 34.7 Å². The van der Waals surface area contributed by atoms with E-state index in [1.165, 1.54) is 10.7 Å². The molecular weight excluding hydrogens is 694 g/mol. The molecule has 1 saturated carbocycles. The van der Waals surface area contributed by atoms with E-state index in [1.807, 2.05) is 46.2 Å². The third-order valence-electron chi connectivity index (χ3n) is 10.6. The minimum Gasteiger partial charge on any atom is -0.444 e. The van der Waals surface area contributed by atoms with E-state index in [1.54, 1.807) is 34.0 Å². The Kier molecular flexibility index (Phi) is 8.13. The number of likely N-dealkylation sites (tertiary alicyclic amines) is 2. The van der Waals surface area contributed by atoms with Gasteiger partial charge in [-0.15, -0.1) is 5.10 Å². The van der Waals surface area contributed by atoms with Gasteiger partial charge in [0.15, 0.2) is 17.2 Å². The number of carbonyl (C=O) groups is 2. The number of aromatic nitrogens is 4. The number of amides is 2. The summed E-state index contributed by atoms with van der Waals surface area (Å²) >= 11 is 0. The number of pyridine rings is 1. The zero-order valence-corrected chi connectivity index (χ0v) is 29.9. The van der Waals surface area contributed by atoms with E-state index in [0.717, 1.165) is 33.0 Å². The summed E-state index contributed by atoms with van der Waals surface area (Å²) in [6, 6.07) is 10.5. The average molecular weight is 736 g/mol. The lowest BCUT2D eigenvalue weighted by Gasteiger charge is -2.57. The number of nitrogens with zero attached hydrogens (tertiary/aromatic N) is 7. The lowest BCUT2D eigenvalue weighted by Crippen LogP contribution is -2.70. The van der Waals surface area contributed by atoms with Crippen LogP contribution in [0.15, 0.2) is 48.8 Å². The molecule has 4 aliphatic rings. The van der Waals surface area contributed by atoms with Crippen LogP contribution < -0.4 is 15.5 Å². The number of benzene rings is 1. The Labute approximate surface area is 303 Å². The molecule has 0 radical (unpaired) electrons. The number of ether oxygens (including phenoxy) is 1. The average Bonchev–Trinajstić information content (AvgIpc) is 3.41. The molecule has 1 aromatic carbocycles. The van der Waals surface area contributed by atoms with Crippen LogP contribution in [0.4, 0.5) is 39.5 Å². The molecule has 3 fully saturated rings. The SMILES string of the molecule is CNc1cc(N2CCc3c(-c4ccc(CN5CC6(CCN(C(=O)OC(C)(C)C)CC6(F)F)C5)cn4)cccc32)nn2c(C(=O)N[C@@H]3CC3(F)F)cnc12. The Morgan fingerprint density at radius 2 is 1.79 bits per heavy atom. The smallest absolute Gasteiger partial charge is 0.410 e. The van der Waals surface area contributed by atoms with E-state index in [4.69, 9.17) is 14.8 Å². The molecule has 1 aliphatic carbocycles. The van der Waals surface area contributed by atoms with E-state index in [2.05, 4.69) is 15.6 Å². The molecule has 53 heavy (non-hydrogen) atoms. The van der Waals surface area contributed by atoms with Crippen molar-refractivity contribution in [2.75, 3.05) is 50.0 Å². The molecule has 16 heteroatoms. The van der Waals surface area contributed by atoms with Gasteiger partial charge in [0.05, 0.1) is 35.6 Å². The number of alkyl halides is 4. The number of rotatable bonds is 7. The Balaban J connectivity index is 0.951. The Hall–Kier alpha value is -4.99. The standard InChI is InChI=1S/C37H41F4N9O3/c1-34(2,3)53-33(52)48-13-11-35(37(40,41)21-48)19-47(20-35)18-22-8-9-25(43-16-22)23-6-5-7-27-24(23)10-12-49(27)30-14-26(42-4)31-44-17-28(50(31)46-30)32(51)45-29-15-36(29,38)39/h5-9,14,16-17,29,42H,10-13,15,18-21H2,1-4H3,(H,45,51)/t29-/m1/s1. The second-order valence-electron chi connectivity index (χ2n) is 15.6. The first kappa shape index (κ1) is 35.1. The van der Waals surface area contributed by atoms with Gasteiger partial charge in [-0.3, -0.25) is 14.7 Å².